The van der Waals surface area contributed by atoms with Gasteiger partial charge < -0.3 is 14.8 Å². The van der Waals surface area contributed by atoms with Crippen LogP contribution in [-0.4, -0.2) is 66.4 Å². The van der Waals surface area contributed by atoms with Gasteiger partial charge in [-0.1, -0.05) is 6.42 Å². The van der Waals surface area contributed by atoms with E-state index in [-0.39, 0.29) is 22.9 Å². The quantitative estimate of drug-likeness (QED) is 0.864. The highest BCUT2D eigenvalue weighted by molar-refractivity contribution is 7.89. The van der Waals surface area contributed by atoms with Crippen molar-refractivity contribution in [3.05, 3.63) is 18.0 Å². The highest BCUT2D eigenvalue weighted by Crippen LogP contribution is 2.23. The molecular weight excluding hydrogens is 340 g/mol. The fraction of sp³-hybridized carbons (Fsp3) is 0.706. The lowest BCUT2D eigenvalue weighted by Crippen LogP contribution is -2.57. The fourth-order valence-electron chi connectivity index (χ4n) is 3.63. The minimum absolute atomic E-state index is 0.0679. The van der Waals surface area contributed by atoms with Crippen molar-refractivity contribution in [2.45, 2.75) is 50.1 Å². The van der Waals surface area contributed by atoms with E-state index in [0.717, 1.165) is 25.8 Å². The van der Waals surface area contributed by atoms with Gasteiger partial charge in [-0.25, -0.2) is 8.42 Å². The Morgan fingerprint density at radius 3 is 2.52 bits per heavy atom. The molecule has 1 N–H and O–H groups in total. The summed E-state index contributed by atoms with van der Waals surface area (Å²) in [6, 6.07) is 1.82. The number of carbonyl (C=O) groups is 1. The van der Waals surface area contributed by atoms with Crippen molar-refractivity contribution in [2.24, 2.45) is 7.05 Å². The minimum Gasteiger partial charge on any atom is -0.345 e. The van der Waals surface area contributed by atoms with Gasteiger partial charge in [-0.3, -0.25) is 4.79 Å². The first-order valence-electron chi connectivity index (χ1n) is 9.03. The molecule has 1 aromatic heterocycles. The molecule has 3 heterocycles. The van der Waals surface area contributed by atoms with E-state index in [1.54, 1.807) is 17.8 Å². The standard InChI is InChI=1S/C17H28N4O3S/c1-13-14(2)21(10-7-18-13)17(22)16-11-15(12-19(16)3)25(23,24)20-8-5-4-6-9-20/h11-14,18H,4-10H2,1-3H3. The number of sulfonamides is 1. The molecule has 8 heteroatoms. The lowest BCUT2D eigenvalue weighted by atomic mass is 10.1. The number of hydrogen-bond donors (Lipinski definition) is 1. The van der Waals surface area contributed by atoms with Crippen LogP contribution < -0.4 is 5.32 Å². The Hall–Kier alpha value is -1.38. The zero-order valence-corrected chi connectivity index (χ0v) is 16.1. The third kappa shape index (κ3) is 3.47. The summed E-state index contributed by atoms with van der Waals surface area (Å²) < 4.78 is 28.9. The molecule has 3 rings (SSSR count). The van der Waals surface area contributed by atoms with Crippen LogP contribution in [0.2, 0.25) is 0 Å². The average Bonchev–Trinajstić information content (AvgIpc) is 3.00. The molecule has 0 spiro atoms. The second-order valence-corrected chi connectivity index (χ2v) is 9.06. The summed E-state index contributed by atoms with van der Waals surface area (Å²) in [6.07, 6.45) is 4.43. The van der Waals surface area contributed by atoms with Crippen LogP contribution in [-0.2, 0) is 17.1 Å². The van der Waals surface area contributed by atoms with Crippen LogP contribution in [0.1, 0.15) is 43.6 Å². The topological polar surface area (TPSA) is 74.7 Å². The number of aromatic nitrogens is 1. The molecule has 1 aromatic rings. The normalized spacial score (nSPS) is 26.0. The van der Waals surface area contributed by atoms with E-state index in [2.05, 4.69) is 12.2 Å². The number of piperazine rings is 1. The van der Waals surface area contributed by atoms with Gasteiger partial charge in [-0.05, 0) is 32.8 Å². The summed E-state index contributed by atoms with van der Waals surface area (Å²) in [5, 5.41) is 3.35. The lowest BCUT2D eigenvalue weighted by molar-refractivity contribution is 0.0593. The van der Waals surface area contributed by atoms with Crippen molar-refractivity contribution in [3.63, 3.8) is 0 Å². The predicted octanol–water partition coefficient (Wildman–Crippen LogP) is 1.02. The molecule has 0 aromatic carbocycles. The van der Waals surface area contributed by atoms with Crippen LogP contribution in [0.4, 0.5) is 0 Å². The summed E-state index contributed by atoms with van der Waals surface area (Å²) in [4.78, 5) is 15.0. The third-order valence-electron chi connectivity index (χ3n) is 5.45. The number of rotatable bonds is 3. The highest BCUT2D eigenvalue weighted by atomic mass is 32.2. The Morgan fingerprint density at radius 1 is 1.16 bits per heavy atom. The molecule has 0 aliphatic carbocycles. The average molecular weight is 369 g/mol. The van der Waals surface area contributed by atoms with Gasteiger partial charge >= 0.3 is 0 Å². The highest BCUT2D eigenvalue weighted by Gasteiger charge is 2.32. The summed E-state index contributed by atoms with van der Waals surface area (Å²) >= 11 is 0. The SMILES string of the molecule is CC1NCCN(C(=O)c2cc(S(=O)(=O)N3CCCCC3)cn2C)C1C. The van der Waals surface area contributed by atoms with Crippen molar-refractivity contribution in [3.8, 4) is 0 Å². The molecule has 2 aliphatic rings. The van der Waals surface area contributed by atoms with Gasteiger partial charge in [0, 0.05) is 51.5 Å². The first-order chi connectivity index (χ1) is 11.8. The van der Waals surface area contributed by atoms with Crippen molar-refractivity contribution < 1.29 is 13.2 Å². The van der Waals surface area contributed by atoms with Gasteiger partial charge in [0.2, 0.25) is 10.0 Å². The van der Waals surface area contributed by atoms with Crippen LogP contribution >= 0.6 is 0 Å². The first kappa shape index (κ1) is 18.4. The second-order valence-electron chi connectivity index (χ2n) is 7.12. The van der Waals surface area contributed by atoms with Gasteiger partial charge in [0.1, 0.15) is 10.6 Å². The van der Waals surface area contributed by atoms with Gasteiger partial charge in [-0.2, -0.15) is 4.31 Å². The molecule has 2 unspecified atom stereocenters. The van der Waals surface area contributed by atoms with E-state index in [0.29, 0.717) is 25.3 Å². The molecule has 140 valence electrons. The summed E-state index contributed by atoms with van der Waals surface area (Å²) in [5.74, 6) is -0.108. The number of nitrogens with zero attached hydrogens (tertiary/aromatic N) is 3. The number of hydrogen-bond acceptors (Lipinski definition) is 4. The first-order valence-corrected chi connectivity index (χ1v) is 10.5. The van der Waals surface area contributed by atoms with E-state index in [1.807, 2.05) is 11.8 Å². The molecule has 0 bridgehead atoms. The van der Waals surface area contributed by atoms with Crippen LogP contribution in [0.5, 0.6) is 0 Å². The van der Waals surface area contributed by atoms with Gasteiger partial charge in [0.25, 0.3) is 5.91 Å². The van der Waals surface area contributed by atoms with E-state index in [9.17, 15) is 13.2 Å². The van der Waals surface area contributed by atoms with Crippen molar-refractivity contribution in [1.29, 1.82) is 0 Å². The maximum atomic E-state index is 13.0. The van der Waals surface area contributed by atoms with Crippen LogP contribution in [0.3, 0.4) is 0 Å². The molecule has 2 fully saturated rings. The minimum atomic E-state index is -3.52. The maximum Gasteiger partial charge on any atom is 0.270 e. The van der Waals surface area contributed by atoms with Crippen molar-refractivity contribution in [1.82, 2.24) is 19.1 Å². The second kappa shape index (κ2) is 7.09. The zero-order chi connectivity index (χ0) is 18.2. The molecule has 25 heavy (non-hydrogen) atoms. The number of piperidine rings is 1. The van der Waals surface area contributed by atoms with Crippen LogP contribution in [0, 0.1) is 0 Å². The number of aryl methyl sites for hydroxylation is 1. The molecule has 2 saturated heterocycles. The molecule has 0 saturated carbocycles. The van der Waals surface area contributed by atoms with Gasteiger partial charge in [-0.15, -0.1) is 0 Å². The Morgan fingerprint density at radius 2 is 1.84 bits per heavy atom. The number of amides is 1. The largest absolute Gasteiger partial charge is 0.345 e. The monoisotopic (exact) mass is 368 g/mol. The molecule has 2 aliphatic heterocycles. The van der Waals surface area contributed by atoms with Crippen LogP contribution in [0.25, 0.3) is 0 Å². The third-order valence-corrected chi connectivity index (χ3v) is 7.31. The lowest BCUT2D eigenvalue weighted by Gasteiger charge is -2.38. The van der Waals surface area contributed by atoms with E-state index < -0.39 is 10.0 Å². The van der Waals surface area contributed by atoms with E-state index >= 15 is 0 Å². The van der Waals surface area contributed by atoms with Crippen molar-refractivity contribution >= 4 is 15.9 Å². The predicted molar refractivity (Wildman–Crippen MR) is 96.0 cm³/mol. The van der Waals surface area contributed by atoms with Crippen molar-refractivity contribution in [2.75, 3.05) is 26.2 Å². The molecular formula is C17H28N4O3S. The fourth-order valence-corrected chi connectivity index (χ4v) is 5.22. The Labute approximate surface area is 150 Å². The maximum absolute atomic E-state index is 13.0. The summed E-state index contributed by atoms with van der Waals surface area (Å²) in [7, 11) is -1.79. The van der Waals surface area contributed by atoms with E-state index in [4.69, 9.17) is 0 Å². The Kier molecular flexibility index (Phi) is 5.22. The zero-order valence-electron chi connectivity index (χ0n) is 15.2. The van der Waals surface area contributed by atoms with E-state index in [1.165, 1.54) is 10.4 Å². The molecule has 7 nitrogen and oxygen atoms in total. The smallest absolute Gasteiger partial charge is 0.270 e. The number of carbonyl (C=O) groups excluding carboxylic acids is 1. The molecule has 1 amide bonds. The molecule has 0 radical (unpaired) electrons. The summed E-state index contributed by atoms with van der Waals surface area (Å²) in [5.41, 5.74) is 0.427. The van der Waals surface area contributed by atoms with Crippen LogP contribution in [0.15, 0.2) is 17.2 Å². The van der Waals surface area contributed by atoms with Gasteiger partial charge in [0.05, 0.1) is 0 Å². The Bertz CT molecular complexity index is 737. The summed E-state index contributed by atoms with van der Waals surface area (Å²) in [6.45, 7) is 6.58. The van der Waals surface area contributed by atoms with Gasteiger partial charge in [0.15, 0.2) is 0 Å². The number of nitrogens with one attached hydrogen (secondary N) is 1. The Balaban J connectivity index is 1.86. The molecule has 2 atom stereocenters.